The Bertz CT molecular complexity index is 703. The Kier molecular flexibility index (Phi) is 4.15. The number of hydrogen-bond donors (Lipinski definition) is 0. The van der Waals surface area contributed by atoms with E-state index >= 15 is 0 Å². The van der Waals surface area contributed by atoms with E-state index in [1.807, 2.05) is 12.1 Å². The van der Waals surface area contributed by atoms with Gasteiger partial charge >= 0.3 is 11.9 Å². The number of nitrogens with zero attached hydrogens (tertiary/aromatic N) is 1. The fourth-order valence-electron chi connectivity index (χ4n) is 4.07. The second-order valence-corrected chi connectivity index (χ2v) is 7.13. The van der Waals surface area contributed by atoms with Crippen LogP contribution in [0.4, 0.5) is 0 Å². The molecule has 1 aromatic carbocycles. The van der Waals surface area contributed by atoms with E-state index in [0.717, 1.165) is 5.56 Å². The lowest BCUT2D eigenvalue weighted by Gasteiger charge is -2.42. The molecule has 1 fully saturated rings. The van der Waals surface area contributed by atoms with Gasteiger partial charge in [0.1, 0.15) is 0 Å². The molecule has 0 bridgehead atoms. The maximum atomic E-state index is 12.8. The number of carbonyl (C=O) groups excluding carboxylic acids is 3. The van der Waals surface area contributed by atoms with E-state index < -0.39 is 23.3 Å². The molecule has 24 heavy (non-hydrogen) atoms. The quantitative estimate of drug-likeness (QED) is 0.430. The molecule has 1 aromatic rings. The van der Waals surface area contributed by atoms with Gasteiger partial charge in [-0.15, -0.1) is 0 Å². The molecule has 0 spiro atoms. The molecule has 3 rings (SSSR count). The molecule has 0 N–H and O–H groups in total. The first-order valence-corrected chi connectivity index (χ1v) is 8.48. The van der Waals surface area contributed by atoms with Crippen LogP contribution < -0.4 is 0 Å². The van der Waals surface area contributed by atoms with Crippen molar-refractivity contribution in [2.75, 3.05) is 27.8 Å². The molecule has 1 aliphatic carbocycles. The van der Waals surface area contributed by atoms with Crippen LogP contribution in [0, 0.1) is 11.8 Å². The van der Waals surface area contributed by atoms with E-state index in [1.165, 1.54) is 14.2 Å². The van der Waals surface area contributed by atoms with Gasteiger partial charge in [-0.05, 0) is 11.1 Å². The number of benzene rings is 1. The van der Waals surface area contributed by atoms with Gasteiger partial charge in [-0.1, -0.05) is 40.2 Å². The predicted octanol–water partition coefficient (Wildman–Crippen LogP) is 1.42. The van der Waals surface area contributed by atoms with Crippen LogP contribution in [0.5, 0.6) is 0 Å². The second-order valence-electron chi connectivity index (χ2n) is 6.14. The minimum absolute atomic E-state index is 0.143. The summed E-state index contributed by atoms with van der Waals surface area (Å²) in [7, 11) is 4.10. The lowest BCUT2D eigenvalue weighted by Crippen LogP contribution is -2.58. The van der Waals surface area contributed by atoms with E-state index in [2.05, 4.69) is 15.9 Å². The highest BCUT2D eigenvalue weighted by Gasteiger charge is 2.67. The lowest BCUT2D eigenvalue weighted by atomic mass is 9.59. The van der Waals surface area contributed by atoms with Gasteiger partial charge in [0, 0.05) is 24.3 Å². The van der Waals surface area contributed by atoms with Crippen molar-refractivity contribution in [2.45, 2.75) is 10.2 Å². The van der Waals surface area contributed by atoms with Gasteiger partial charge in [-0.25, -0.2) is 0 Å². The number of hydrogen-bond acceptors (Lipinski definition) is 5. The van der Waals surface area contributed by atoms with Crippen molar-refractivity contribution in [3.05, 3.63) is 35.4 Å². The third kappa shape index (κ3) is 1.97. The molecular formula is C17H18BrNO5. The molecule has 1 heterocycles. The Morgan fingerprint density at radius 3 is 2.38 bits per heavy atom. The number of fused-ring (bicyclic) bond motifs is 2. The first kappa shape index (κ1) is 17.0. The van der Waals surface area contributed by atoms with E-state index in [1.54, 1.807) is 24.1 Å². The van der Waals surface area contributed by atoms with Crippen molar-refractivity contribution in [1.29, 1.82) is 0 Å². The van der Waals surface area contributed by atoms with E-state index in [0.29, 0.717) is 12.1 Å². The highest BCUT2D eigenvalue weighted by atomic mass is 79.9. The summed E-state index contributed by atoms with van der Waals surface area (Å²) in [5, 5.41) is 0. The molecule has 128 valence electrons. The monoisotopic (exact) mass is 395 g/mol. The molecule has 2 aliphatic rings. The predicted molar refractivity (Wildman–Crippen MR) is 88.4 cm³/mol. The average molecular weight is 396 g/mol. The zero-order chi connectivity index (χ0) is 17.6. The van der Waals surface area contributed by atoms with Crippen molar-refractivity contribution >= 4 is 33.8 Å². The first-order chi connectivity index (χ1) is 11.4. The minimum Gasteiger partial charge on any atom is -0.468 e. The number of likely N-dealkylation sites (tertiary alicyclic amines) is 1. The first-order valence-electron chi connectivity index (χ1n) is 7.56. The number of methoxy groups -OCH3 is 2. The SMILES string of the molecule is COC(=O)C1(C(=O)OC)c2ccccc2[C@H](Br)[C@@H]2CN(C)C(=O)[C@H]21. The van der Waals surface area contributed by atoms with Gasteiger partial charge in [0.25, 0.3) is 0 Å². The Labute approximate surface area is 148 Å². The van der Waals surface area contributed by atoms with Gasteiger partial charge in [-0.3, -0.25) is 14.4 Å². The van der Waals surface area contributed by atoms with E-state index in [4.69, 9.17) is 9.47 Å². The van der Waals surface area contributed by atoms with Crippen LogP contribution in [0.3, 0.4) is 0 Å². The molecular weight excluding hydrogens is 378 g/mol. The van der Waals surface area contributed by atoms with Crippen LogP contribution in [0.15, 0.2) is 24.3 Å². The molecule has 7 heteroatoms. The number of alkyl halides is 1. The lowest BCUT2D eigenvalue weighted by molar-refractivity contribution is -0.169. The second kappa shape index (κ2) is 5.88. The fraction of sp³-hybridized carbons (Fsp3) is 0.471. The zero-order valence-electron chi connectivity index (χ0n) is 13.6. The number of carbonyl (C=O) groups is 3. The summed E-state index contributed by atoms with van der Waals surface area (Å²) in [6.45, 7) is 0.448. The summed E-state index contributed by atoms with van der Waals surface area (Å²) >= 11 is 3.66. The highest BCUT2D eigenvalue weighted by Crippen LogP contribution is 2.56. The Hall–Kier alpha value is -1.89. The molecule has 1 amide bonds. The standard InChI is InChI=1S/C17H18BrNO5/c1-19-8-10-12(14(19)20)17(15(21)23-2,16(22)24-3)11-7-5-4-6-9(11)13(10)18/h4-7,10,12-13H,8H2,1-3H3/t10-,12+,13+/m1/s1. The summed E-state index contributed by atoms with van der Waals surface area (Å²) in [5.74, 6) is -2.88. The summed E-state index contributed by atoms with van der Waals surface area (Å²) in [5.41, 5.74) is -0.509. The molecule has 0 unspecified atom stereocenters. The molecule has 1 saturated heterocycles. The number of esters is 2. The summed E-state index contributed by atoms with van der Waals surface area (Å²) in [4.78, 5) is 39.9. The summed E-state index contributed by atoms with van der Waals surface area (Å²) in [6.07, 6.45) is 0. The van der Waals surface area contributed by atoms with Gasteiger partial charge < -0.3 is 14.4 Å². The van der Waals surface area contributed by atoms with Crippen LogP contribution in [-0.2, 0) is 29.3 Å². The van der Waals surface area contributed by atoms with E-state index in [9.17, 15) is 14.4 Å². The van der Waals surface area contributed by atoms with Crippen LogP contribution in [-0.4, -0.2) is 50.6 Å². The number of amides is 1. The molecule has 0 saturated carbocycles. The summed E-state index contributed by atoms with van der Waals surface area (Å²) < 4.78 is 9.95. The van der Waals surface area contributed by atoms with Crippen LogP contribution in [0.1, 0.15) is 16.0 Å². The van der Waals surface area contributed by atoms with Gasteiger partial charge in [0.2, 0.25) is 11.3 Å². The number of halogens is 1. The number of rotatable bonds is 2. The smallest absolute Gasteiger partial charge is 0.328 e. The van der Waals surface area contributed by atoms with Crippen LogP contribution >= 0.6 is 15.9 Å². The Morgan fingerprint density at radius 1 is 1.21 bits per heavy atom. The van der Waals surface area contributed by atoms with Crippen molar-refractivity contribution in [3.8, 4) is 0 Å². The maximum absolute atomic E-state index is 12.8. The summed E-state index contributed by atoms with van der Waals surface area (Å²) in [6, 6.07) is 7.13. The topological polar surface area (TPSA) is 72.9 Å². The van der Waals surface area contributed by atoms with Gasteiger partial charge in [0.15, 0.2) is 0 Å². The van der Waals surface area contributed by atoms with Crippen molar-refractivity contribution < 1.29 is 23.9 Å². The van der Waals surface area contributed by atoms with Crippen LogP contribution in [0.2, 0.25) is 0 Å². The van der Waals surface area contributed by atoms with Gasteiger partial charge in [0.05, 0.1) is 20.1 Å². The van der Waals surface area contributed by atoms with E-state index in [-0.39, 0.29) is 16.7 Å². The molecule has 3 atom stereocenters. The Balaban J connectivity index is 2.37. The molecule has 1 aliphatic heterocycles. The van der Waals surface area contributed by atoms with Crippen LogP contribution in [0.25, 0.3) is 0 Å². The van der Waals surface area contributed by atoms with Crippen molar-refractivity contribution in [2.24, 2.45) is 11.8 Å². The van der Waals surface area contributed by atoms with Gasteiger partial charge in [-0.2, -0.15) is 0 Å². The zero-order valence-corrected chi connectivity index (χ0v) is 15.2. The third-order valence-electron chi connectivity index (χ3n) is 5.09. The van der Waals surface area contributed by atoms with Crippen molar-refractivity contribution in [1.82, 2.24) is 4.90 Å². The number of ether oxygens (including phenoxy) is 2. The highest BCUT2D eigenvalue weighted by molar-refractivity contribution is 9.09. The normalized spacial score (nSPS) is 27.2. The molecule has 0 radical (unpaired) electrons. The fourth-order valence-corrected chi connectivity index (χ4v) is 4.95. The minimum atomic E-state index is -1.78. The Morgan fingerprint density at radius 2 is 1.79 bits per heavy atom. The third-order valence-corrected chi connectivity index (χ3v) is 6.27. The molecule has 6 nitrogen and oxygen atoms in total. The largest absolute Gasteiger partial charge is 0.468 e. The average Bonchev–Trinajstić information content (AvgIpc) is 2.91. The molecule has 0 aromatic heterocycles. The maximum Gasteiger partial charge on any atom is 0.328 e. The van der Waals surface area contributed by atoms with Crippen molar-refractivity contribution in [3.63, 3.8) is 0 Å².